The van der Waals surface area contributed by atoms with Crippen LogP contribution in [0.15, 0.2) is 18.2 Å². The molecule has 1 N–H and O–H groups in total. The highest BCUT2D eigenvalue weighted by Crippen LogP contribution is 2.31. The summed E-state index contributed by atoms with van der Waals surface area (Å²) in [6, 6.07) is 6.07. The summed E-state index contributed by atoms with van der Waals surface area (Å²) in [5, 5.41) is 1.17. The summed E-state index contributed by atoms with van der Waals surface area (Å²) in [4.78, 5) is 18.0. The van der Waals surface area contributed by atoms with Gasteiger partial charge in [-0.25, -0.2) is 0 Å². The quantitative estimate of drug-likeness (QED) is 0.922. The van der Waals surface area contributed by atoms with Crippen molar-refractivity contribution in [2.24, 2.45) is 5.41 Å². The molecule has 1 aliphatic heterocycles. The van der Waals surface area contributed by atoms with Gasteiger partial charge in [0.1, 0.15) is 5.75 Å². The van der Waals surface area contributed by atoms with Crippen molar-refractivity contribution >= 4 is 16.8 Å². The summed E-state index contributed by atoms with van der Waals surface area (Å²) < 4.78 is 5.33. The monoisotopic (exact) mass is 300 g/mol. The van der Waals surface area contributed by atoms with Gasteiger partial charge in [0.05, 0.1) is 7.11 Å². The van der Waals surface area contributed by atoms with Crippen molar-refractivity contribution < 1.29 is 9.53 Å². The van der Waals surface area contributed by atoms with E-state index >= 15 is 0 Å². The molecule has 1 aliphatic rings. The minimum absolute atomic E-state index is 0.0286. The van der Waals surface area contributed by atoms with Gasteiger partial charge in [0, 0.05) is 48.1 Å². The Morgan fingerprint density at radius 2 is 2.14 bits per heavy atom. The number of ether oxygens (including phenoxy) is 1. The van der Waals surface area contributed by atoms with Crippen molar-refractivity contribution in [2.45, 2.75) is 40.2 Å². The molecule has 0 saturated heterocycles. The zero-order chi connectivity index (χ0) is 15.9. The van der Waals surface area contributed by atoms with Gasteiger partial charge < -0.3 is 14.6 Å². The molecular formula is C18H24N2O2. The fourth-order valence-corrected chi connectivity index (χ4v) is 3.10. The van der Waals surface area contributed by atoms with E-state index in [0.717, 1.165) is 24.2 Å². The van der Waals surface area contributed by atoms with Crippen LogP contribution in [0.25, 0.3) is 10.9 Å². The van der Waals surface area contributed by atoms with Crippen LogP contribution >= 0.6 is 0 Å². The molecule has 0 unspecified atom stereocenters. The number of carbonyl (C=O) groups excluding carboxylic acids is 1. The zero-order valence-corrected chi connectivity index (χ0v) is 13.8. The highest BCUT2D eigenvalue weighted by Gasteiger charge is 2.26. The third-order valence-corrected chi connectivity index (χ3v) is 4.22. The molecule has 0 saturated carbocycles. The molecule has 1 aromatic heterocycles. The number of nitrogens with zero attached hydrogens (tertiary/aromatic N) is 1. The molecule has 1 aromatic carbocycles. The van der Waals surface area contributed by atoms with E-state index in [2.05, 4.69) is 31.8 Å². The van der Waals surface area contributed by atoms with Gasteiger partial charge in [-0.2, -0.15) is 0 Å². The predicted octanol–water partition coefficient (Wildman–Crippen LogP) is 3.50. The predicted molar refractivity (Wildman–Crippen MR) is 88.0 cm³/mol. The lowest BCUT2D eigenvalue weighted by molar-refractivity contribution is -0.134. The highest BCUT2D eigenvalue weighted by molar-refractivity contribution is 5.87. The standard InChI is InChI=1S/C18H24N2O2/c1-18(2,3)10-17(21)20-8-7-16-14(11-20)13-9-12(22-4)5-6-15(13)19-16/h5-6,9,19H,7-8,10-11H2,1-4H3. The molecular weight excluding hydrogens is 276 g/mol. The molecule has 118 valence electrons. The summed E-state index contributed by atoms with van der Waals surface area (Å²) in [7, 11) is 1.68. The van der Waals surface area contributed by atoms with E-state index < -0.39 is 0 Å². The SMILES string of the molecule is COc1ccc2[nH]c3c(c2c1)CN(C(=O)CC(C)(C)C)CC3. The van der Waals surface area contributed by atoms with E-state index in [1.165, 1.54) is 16.6 Å². The Labute approximate surface area is 131 Å². The van der Waals surface area contributed by atoms with Gasteiger partial charge in [0.15, 0.2) is 0 Å². The maximum absolute atomic E-state index is 12.5. The van der Waals surface area contributed by atoms with Gasteiger partial charge in [-0.3, -0.25) is 4.79 Å². The van der Waals surface area contributed by atoms with Gasteiger partial charge >= 0.3 is 0 Å². The third-order valence-electron chi connectivity index (χ3n) is 4.22. The summed E-state index contributed by atoms with van der Waals surface area (Å²) in [5.41, 5.74) is 3.64. The largest absolute Gasteiger partial charge is 0.497 e. The number of methoxy groups -OCH3 is 1. The minimum atomic E-state index is 0.0286. The number of aromatic amines is 1. The van der Waals surface area contributed by atoms with E-state index in [-0.39, 0.29) is 11.3 Å². The zero-order valence-electron chi connectivity index (χ0n) is 13.8. The van der Waals surface area contributed by atoms with Crippen molar-refractivity contribution in [1.29, 1.82) is 0 Å². The van der Waals surface area contributed by atoms with Crippen molar-refractivity contribution in [3.05, 3.63) is 29.5 Å². The Hall–Kier alpha value is -1.97. The molecule has 0 spiro atoms. The first kappa shape index (κ1) is 14.9. The van der Waals surface area contributed by atoms with Crippen molar-refractivity contribution in [1.82, 2.24) is 9.88 Å². The average molecular weight is 300 g/mol. The molecule has 2 aromatic rings. The summed E-state index contributed by atoms with van der Waals surface area (Å²) >= 11 is 0. The highest BCUT2D eigenvalue weighted by atomic mass is 16.5. The molecule has 0 radical (unpaired) electrons. The number of amides is 1. The normalized spacial score (nSPS) is 15.0. The molecule has 4 heteroatoms. The number of hydrogen-bond donors (Lipinski definition) is 1. The Bertz CT molecular complexity index is 710. The van der Waals surface area contributed by atoms with Crippen LogP contribution in [0, 0.1) is 5.41 Å². The van der Waals surface area contributed by atoms with Crippen LogP contribution in [0.1, 0.15) is 38.4 Å². The first-order chi connectivity index (χ1) is 10.4. The van der Waals surface area contributed by atoms with E-state index in [0.29, 0.717) is 13.0 Å². The summed E-state index contributed by atoms with van der Waals surface area (Å²) in [6.07, 6.45) is 1.48. The lowest BCUT2D eigenvalue weighted by atomic mass is 9.91. The molecule has 3 rings (SSSR count). The van der Waals surface area contributed by atoms with Crippen LogP contribution < -0.4 is 4.74 Å². The lowest BCUT2D eigenvalue weighted by Gasteiger charge is -2.30. The van der Waals surface area contributed by atoms with Crippen molar-refractivity contribution in [3.8, 4) is 5.75 Å². The average Bonchev–Trinajstić information content (AvgIpc) is 2.82. The lowest BCUT2D eigenvalue weighted by Crippen LogP contribution is -2.37. The topological polar surface area (TPSA) is 45.3 Å². The Kier molecular flexibility index (Phi) is 3.63. The first-order valence-corrected chi connectivity index (χ1v) is 7.82. The molecule has 1 amide bonds. The number of rotatable bonds is 2. The fraction of sp³-hybridized carbons (Fsp3) is 0.500. The van der Waals surface area contributed by atoms with Crippen LogP contribution in [0.4, 0.5) is 0 Å². The Morgan fingerprint density at radius 1 is 1.36 bits per heavy atom. The van der Waals surface area contributed by atoms with E-state index in [1.807, 2.05) is 17.0 Å². The van der Waals surface area contributed by atoms with Crippen LogP contribution in [-0.4, -0.2) is 29.4 Å². The number of hydrogen-bond acceptors (Lipinski definition) is 2. The maximum Gasteiger partial charge on any atom is 0.223 e. The van der Waals surface area contributed by atoms with Gasteiger partial charge in [-0.15, -0.1) is 0 Å². The second-order valence-corrected chi connectivity index (χ2v) is 7.30. The number of aromatic nitrogens is 1. The number of carbonyl (C=O) groups is 1. The molecule has 0 atom stereocenters. The molecule has 0 fully saturated rings. The maximum atomic E-state index is 12.5. The van der Waals surface area contributed by atoms with Crippen LogP contribution in [0.3, 0.4) is 0 Å². The van der Waals surface area contributed by atoms with Gasteiger partial charge in [-0.05, 0) is 23.6 Å². The van der Waals surface area contributed by atoms with E-state index in [9.17, 15) is 4.79 Å². The third kappa shape index (κ3) is 2.82. The molecule has 2 heterocycles. The first-order valence-electron chi connectivity index (χ1n) is 7.82. The minimum Gasteiger partial charge on any atom is -0.497 e. The summed E-state index contributed by atoms with van der Waals surface area (Å²) in [5.74, 6) is 1.10. The number of nitrogens with one attached hydrogen (secondary N) is 1. The molecule has 0 bridgehead atoms. The molecule has 0 aliphatic carbocycles. The smallest absolute Gasteiger partial charge is 0.223 e. The van der Waals surface area contributed by atoms with Crippen molar-refractivity contribution in [3.63, 3.8) is 0 Å². The second-order valence-electron chi connectivity index (χ2n) is 7.30. The van der Waals surface area contributed by atoms with E-state index in [1.54, 1.807) is 7.11 Å². The number of fused-ring (bicyclic) bond motifs is 3. The van der Waals surface area contributed by atoms with Crippen LogP contribution in [-0.2, 0) is 17.8 Å². The Balaban J connectivity index is 1.89. The number of H-pyrrole nitrogens is 1. The van der Waals surface area contributed by atoms with E-state index in [4.69, 9.17) is 4.74 Å². The Morgan fingerprint density at radius 3 is 2.82 bits per heavy atom. The van der Waals surface area contributed by atoms with Gasteiger partial charge in [-0.1, -0.05) is 20.8 Å². The fourth-order valence-electron chi connectivity index (χ4n) is 3.10. The molecule has 22 heavy (non-hydrogen) atoms. The van der Waals surface area contributed by atoms with Crippen LogP contribution in [0.5, 0.6) is 5.75 Å². The van der Waals surface area contributed by atoms with Crippen molar-refractivity contribution in [2.75, 3.05) is 13.7 Å². The van der Waals surface area contributed by atoms with Gasteiger partial charge in [0.2, 0.25) is 5.91 Å². The summed E-state index contributed by atoms with van der Waals surface area (Å²) in [6.45, 7) is 7.81. The van der Waals surface area contributed by atoms with Crippen LogP contribution in [0.2, 0.25) is 0 Å². The second kappa shape index (κ2) is 5.34. The number of benzene rings is 1. The van der Waals surface area contributed by atoms with Gasteiger partial charge in [0.25, 0.3) is 0 Å². The molecule has 4 nitrogen and oxygen atoms in total.